The van der Waals surface area contributed by atoms with Crippen molar-refractivity contribution in [3.8, 4) is 0 Å². The molecule has 1 aromatic carbocycles. The summed E-state index contributed by atoms with van der Waals surface area (Å²) in [5, 5.41) is 11.8. The van der Waals surface area contributed by atoms with E-state index in [1.165, 1.54) is 23.1 Å². The van der Waals surface area contributed by atoms with Gasteiger partial charge in [-0.05, 0) is 37.1 Å². The minimum Gasteiger partial charge on any atom is -0.477 e. The number of aromatic carboxylic acids is 1. The minimum absolute atomic E-state index is 0.00189. The number of anilines is 1. The third-order valence-corrected chi connectivity index (χ3v) is 3.72. The zero-order chi connectivity index (χ0) is 19.1. The first-order chi connectivity index (χ1) is 12.4. The molecule has 0 aliphatic heterocycles. The molecular formula is C19H21N3O4. The second-order valence-electron chi connectivity index (χ2n) is 5.80. The van der Waals surface area contributed by atoms with Gasteiger partial charge >= 0.3 is 5.97 Å². The number of nitrogens with one attached hydrogen (secondary N) is 1. The van der Waals surface area contributed by atoms with E-state index in [4.69, 9.17) is 5.11 Å². The summed E-state index contributed by atoms with van der Waals surface area (Å²) in [7, 11) is 0. The molecule has 2 aromatic rings. The van der Waals surface area contributed by atoms with Gasteiger partial charge in [0.2, 0.25) is 5.91 Å². The number of para-hydroxylation sites is 1. The lowest BCUT2D eigenvalue weighted by molar-refractivity contribution is -0.116. The third kappa shape index (κ3) is 4.89. The van der Waals surface area contributed by atoms with Crippen LogP contribution in [0.15, 0.2) is 42.5 Å². The number of amides is 2. The number of carbonyl (C=O) groups excluding carboxylic acids is 2. The first-order valence-corrected chi connectivity index (χ1v) is 8.27. The second-order valence-corrected chi connectivity index (χ2v) is 5.80. The van der Waals surface area contributed by atoms with Gasteiger partial charge in [-0.3, -0.25) is 9.59 Å². The second kappa shape index (κ2) is 8.75. The van der Waals surface area contributed by atoms with E-state index < -0.39 is 11.9 Å². The summed E-state index contributed by atoms with van der Waals surface area (Å²) in [4.78, 5) is 41.2. The van der Waals surface area contributed by atoms with E-state index >= 15 is 0 Å². The topological polar surface area (TPSA) is 99.6 Å². The highest BCUT2D eigenvalue weighted by molar-refractivity contribution is 5.99. The Kier molecular flexibility index (Phi) is 6.43. The lowest BCUT2D eigenvalue weighted by atomic mass is 10.2. The van der Waals surface area contributed by atoms with Crippen molar-refractivity contribution in [3.63, 3.8) is 0 Å². The fourth-order valence-electron chi connectivity index (χ4n) is 2.43. The molecule has 2 N–H and O–H groups in total. The molecule has 0 aliphatic carbocycles. The molecule has 0 spiro atoms. The van der Waals surface area contributed by atoms with Crippen LogP contribution in [-0.4, -0.2) is 45.9 Å². The number of carboxylic acid groups (broad SMARTS) is 1. The Morgan fingerprint density at radius 1 is 1.08 bits per heavy atom. The number of nitrogens with zero attached hydrogens (tertiary/aromatic N) is 2. The van der Waals surface area contributed by atoms with Crippen LogP contribution in [0, 0.1) is 6.92 Å². The van der Waals surface area contributed by atoms with Crippen LogP contribution in [0.4, 0.5) is 5.69 Å². The quantitative estimate of drug-likeness (QED) is 0.795. The molecule has 136 valence electrons. The normalized spacial score (nSPS) is 10.2. The maximum Gasteiger partial charge on any atom is 0.354 e. The number of benzene rings is 1. The minimum atomic E-state index is -1.21. The van der Waals surface area contributed by atoms with Crippen LogP contribution < -0.4 is 5.32 Å². The number of carbonyl (C=O) groups is 3. The van der Waals surface area contributed by atoms with Gasteiger partial charge in [-0.15, -0.1) is 0 Å². The van der Waals surface area contributed by atoms with Gasteiger partial charge in [-0.25, -0.2) is 9.78 Å². The summed E-state index contributed by atoms with van der Waals surface area (Å²) in [5.41, 5.74) is 1.40. The van der Waals surface area contributed by atoms with E-state index in [9.17, 15) is 14.4 Å². The first kappa shape index (κ1) is 19.1. The molecule has 0 atom stereocenters. The molecule has 0 fully saturated rings. The highest BCUT2D eigenvalue weighted by Crippen LogP contribution is 2.13. The van der Waals surface area contributed by atoms with Crippen molar-refractivity contribution in [2.45, 2.75) is 20.3 Å². The van der Waals surface area contributed by atoms with E-state index in [2.05, 4.69) is 10.3 Å². The predicted octanol–water partition coefficient (Wildman–Crippen LogP) is 2.58. The summed E-state index contributed by atoms with van der Waals surface area (Å²) in [6.45, 7) is 3.99. The Morgan fingerprint density at radius 2 is 1.77 bits per heavy atom. The molecular weight excluding hydrogens is 334 g/mol. The largest absolute Gasteiger partial charge is 0.477 e. The number of rotatable bonds is 7. The Balaban J connectivity index is 2.13. The number of carboxylic acids is 1. The molecule has 0 radical (unpaired) electrons. The number of hydrogen-bond donors (Lipinski definition) is 2. The monoisotopic (exact) mass is 355 g/mol. The zero-order valence-corrected chi connectivity index (χ0v) is 14.7. The third-order valence-electron chi connectivity index (χ3n) is 3.72. The van der Waals surface area contributed by atoms with Crippen molar-refractivity contribution in [2.75, 3.05) is 18.4 Å². The van der Waals surface area contributed by atoms with E-state index in [1.54, 1.807) is 6.07 Å². The number of aryl methyl sites for hydroxylation is 1. The van der Waals surface area contributed by atoms with E-state index in [0.29, 0.717) is 18.7 Å². The predicted molar refractivity (Wildman–Crippen MR) is 97.2 cm³/mol. The Bertz CT molecular complexity index is 820. The average Bonchev–Trinajstić information content (AvgIpc) is 2.62. The lowest BCUT2D eigenvalue weighted by Crippen LogP contribution is -2.39. The first-order valence-electron chi connectivity index (χ1n) is 8.27. The van der Waals surface area contributed by atoms with Crippen molar-refractivity contribution >= 4 is 23.5 Å². The van der Waals surface area contributed by atoms with Crippen LogP contribution in [0.1, 0.15) is 39.9 Å². The Hall–Kier alpha value is -3.22. The molecule has 0 unspecified atom stereocenters. The summed E-state index contributed by atoms with van der Waals surface area (Å²) in [6.07, 6.45) is 0.655. The molecule has 0 saturated heterocycles. The molecule has 2 rings (SSSR count). The zero-order valence-electron chi connectivity index (χ0n) is 14.7. The van der Waals surface area contributed by atoms with E-state index in [-0.39, 0.29) is 23.8 Å². The fraction of sp³-hybridized carbons (Fsp3) is 0.263. The SMILES string of the molecule is CCCN(CC(=O)Nc1ccccc1C)C(=O)c1cccc(C(=O)O)n1. The van der Waals surface area contributed by atoms with Crippen molar-refractivity contribution < 1.29 is 19.5 Å². The van der Waals surface area contributed by atoms with E-state index in [1.807, 2.05) is 32.0 Å². The summed E-state index contributed by atoms with van der Waals surface area (Å²) in [6, 6.07) is 11.6. The number of aromatic nitrogens is 1. The van der Waals surface area contributed by atoms with Gasteiger partial charge < -0.3 is 15.3 Å². The molecule has 0 saturated carbocycles. The Labute approximate surface area is 151 Å². The molecule has 7 nitrogen and oxygen atoms in total. The highest BCUT2D eigenvalue weighted by atomic mass is 16.4. The van der Waals surface area contributed by atoms with Gasteiger partial charge in [0.25, 0.3) is 5.91 Å². The van der Waals surface area contributed by atoms with Crippen LogP contribution in [0.3, 0.4) is 0 Å². The van der Waals surface area contributed by atoms with Gasteiger partial charge in [0, 0.05) is 12.2 Å². The van der Waals surface area contributed by atoms with Crippen LogP contribution >= 0.6 is 0 Å². The molecule has 26 heavy (non-hydrogen) atoms. The van der Waals surface area contributed by atoms with E-state index in [0.717, 1.165) is 5.56 Å². The van der Waals surface area contributed by atoms with Gasteiger partial charge in [0.1, 0.15) is 17.9 Å². The van der Waals surface area contributed by atoms with Crippen molar-refractivity contribution in [2.24, 2.45) is 0 Å². The van der Waals surface area contributed by atoms with Gasteiger partial charge in [0.15, 0.2) is 0 Å². The smallest absolute Gasteiger partial charge is 0.354 e. The summed E-state index contributed by atoms with van der Waals surface area (Å²) < 4.78 is 0. The van der Waals surface area contributed by atoms with Gasteiger partial charge in [-0.2, -0.15) is 0 Å². The van der Waals surface area contributed by atoms with Crippen molar-refractivity contribution in [1.29, 1.82) is 0 Å². The van der Waals surface area contributed by atoms with Crippen LogP contribution in [-0.2, 0) is 4.79 Å². The van der Waals surface area contributed by atoms with Gasteiger partial charge in [0.05, 0.1) is 0 Å². The van der Waals surface area contributed by atoms with Crippen LogP contribution in [0.5, 0.6) is 0 Å². The molecule has 1 heterocycles. The molecule has 2 amide bonds. The number of pyridine rings is 1. The molecule has 7 heteroatoms. The molecule has 0 bridgehead atoms. The van der Waals surface area contributed by atoms with Gasteiger partial charge in [-0.1, -0.05) is 31.2 Å². The maximum atomic E-state index is 12.7. The van der Waals surface area contributed by atoms with Crippen LogP contribution in [0.2, 0.25) is 0 Å². The average molecular weight is 355 g/mol. The Morgan fingerprint density at radius 3 is 2.42 bits per heavy atom. The molecule has 1 aromatic heterocycles. The summed E-state index contributed by atoms with van der Waals surface area (Å²) >= 11 is 0. The van der Waals surface area contributed by atoms with Crippen molar-refractivity contribution in [3.05, 3.63) is 59.4 Å². The number of hydrogen-bond acceptors (Lipinski definition) is 4. The summed E-state index contributed by atoms with van der Waals surface area (Å²) in [5.74, 6) is -2.01. The van der Waals surface area contributed by atoms with Crippen LogP contribution in [0.25, 0.3) is 0 Å². The lowest BCUT2D eigenvalue weighted by Gasteiger charge is -2.21. The van der Waals surface area contributed by atoms with Crippen molar-refractivity contribution in [1.82, 2.24) is 9.88 Å². The standard InChI is InChI=1S/C19H21N3O4/c1-3-11-22(12-17(23)21-14-8-5-4-7-13(14)2)18(24)15-9-6-10-16(20-15)19(25)26/h4-10H,3,11-12H2,1-2H3,(H,21,23)(H,25,26). The molecule has 0 aliphatic rings. The maximum absolute atomic E-state index is 12.7. The fourth-order valence-corrected chi connectivity index (χ4v) is 2.43. The highest BCUT2D eigenvalue weighted by Gasteiger charge is 2.20.